The molecular formula is C16H18FN3S. The van der Waals surface area contributed by atoms with E-state index in [1.807, 2.05) is 16.9 Å². The molecule has 0 aliphatic rings. The molecule has 3 aromatic rings. The van der Waals surface area contributed by atoms with Crippen LogP contribution in [-0.4, -0.2) is 16.3 Å². The standard InChI is InChI=1S/C16H18FN3S/c1-3-18-16(12-9-19-20(4-2)10-12)15-8-11-7-13(17)5-6-14(11)21-15/h5-10,16,18H,3-4H2,1-2H3. The second-order valence-corrected chi connectivity index (χ2v) is 6.07. The Labute approximate surface area is 127 Å². The molecule has 0 amide bonds. The van der Waals surface area contributed by atoms with Crippen molar-refractivity contribution in [1.82, 2.24) is 15.1 Å². The third kappa shape index (κ3) is 2.84. The first-order valence-electron chi connectivity index (χ1n) is 7.16. The van der Waals surface area contributed by atoms with Gasteiger partial charge in [0.2, 0.25) is 0 Å². The van der Waals surface area contributed by atoms with Crippen molar-refractivity contribution in [3.8, 4) is 0 Å². The number of hydrogen-bond acceptors (Lipinski definition) is 3. The van der Waals surface area contributed by atoms with Crippen molar-refractivity contribution in [2.24, 2.45) is 0 Å². The van der Waals surface area contributed by atoms with Crippen molar-refractivity contribution < 1.29 is 4.39 Å². The fourth-order valence-corrected chi connectivity index (χ4v) is 3.61. The van der Waals surface area contributed by atoms with Crippen LogP contribution in [0.1, 0.15) is 30.3 Å². The molecule has 0 fully saturated rings. The first-order valence-corrected chi connectivity index (χ1v) is 7.97. The molecule has 2 aromatic heterocycles. The lowest BCUT2D eigenvalue weighted by molar-refractivity contribution is 0.629. The van der Waals surface area contributed by atoms with Gasteiger partial charge in [-0.25, -0.2) is 4.39 Å². The van der Waals surface area contributed by atoms with Gasteiger partial charge < -0.3 is 5.32 Å². The summed E-state index contributed by atoms with van der Waals surface area (Å²) in [6.07, 6.45) is 3.97. The van der Waals surface area contributed by atoms with Gasteiger partial charge in [-0.2, -0.15) is 5.10 Å². The Morgan fingerprint density at radius 1 is 1.33 bits per heavy atom. The van der Waals surface area contributed by atoms with Crippen LogP contribution in [0.15, 0.2) is 36.7 Å². The Balaban J connectivity index is 2.01. The summed E-state index contributed by atoms with van der Waals surface area (Å²) in [7, 11) is 0. The average Bonchev–Trinajstić information content (AvgIpc) is 3.10. The van der Waals surface area contributed by atoms with E-state index in [0.717, 1.165) is 28.7 Å². The highest BCUT2D eigenvalue weighted by molar-refractivity contribution is 7.19. The quantitative estimate of drug-likeness (QED) is 0.773. The summed E-state index contributed by atoms with van der Waals surface area (Å²) in [5.41, 5.74) is 1.14. The molecule has 1 atom stereocenters. The summed E-state index contributed by atoms with van der Waals surface area (Å²) in [5.74, 6) is -0.189. The highest BCUT2D eigenvalue weighted by Crippen LogP contribution is 2.33. The summed E-state index contributed by atoms with van der Waals surface area (Å²) < 4.78 is 16.4. The van der Waals surface area contributed by atoms with Gasteiger partial charge >= 0.3 is 0 Å². The van der Waals surface area contributed by atoms with Gasteiger partial charge in [-0.15, -0.1) is 11.3 Å². The van der Waals surface area contributed by atoms with Gasteiger partial charge in [0, 0.05) is 27.9 Å². The van der Waals surface area contributed by atoms with E-state index in [9.17, 15) is 4.39 Å². The van der Waals surface area contributed by atoms with Crippen molar-refractivity contribution in [2.75, 3.05) is 6.54 Å². The molecule has 0 aliphatic heterocycles. The Morgan fingerprint density at radius 2 is 2.19 bits per heavy atom. The van der Waals surface area contributed by atoms with Crippen molar-refractivity contribution in [1.29, 1.82) is 0 Å². The van der Waals surface area contributed by atoms with Gasteiger partial charge in [0.05, 0.1) is 12.2 Å². The van der Waals surface area contributed by atoms with Crippen LogP contribution < -0.4 is 5.32 Å². The Kier molecular flexibility index (Phi) is 4.03. The zero-order chi connectivity index (χ0) is 14.8. The van der Waals surface area contributed by atoms with Crippen molar-refractivity contribution >= 4 is 21.4 Å². The van der Waals surface area contributed by atoms with E-state index in [1.54, 1.807) is 17.4 Å². The highest BCUT2D eigenvalue weighted by Gasteiger charge is 2.17. The Bertz CT molecular complexity index is 747. The van der Waals surface area contributed by atoms with E-state index in [-0.39, 0.29) is 11.9 Å². The fraction of sp³-hybridized carbons (Fsp3) is 0.312. The minimum Gasteiger partial charge on any atom is -0.306 e. The molecule has 2 heterocycles. The molecule has 0 spiro atoms. The summed E-state index contributed by atoms with van der Waals surface area (Å²) >= 11 is 1.70. The van der Waals surface area contributed by atoms with E-state index < -0.39 is 0 Å². The Hall–Kier alpha value is -1.72. The third-order valence-electron chi connectivity index (χ3n) is 3.50. The normalized spacial score (nSPS) is 12.9. The summed E-state index contributed by atoms with van der Waals surface area (Å²) in [6, 6.07) is 7.13. The molecule has 110 valence electrons. The van der Waals surface area contributed by atoms with Crippen LogP contribution in [0.25, 0.3) is 10.1 Å². The smallest absolute Gasteiger partial charge is 0.123 e. The zero-order valence-electron chi connectivity index (χ0n) is 12.1. The maximum atomic E-state index is 13.3. The molecule has 1 N–H and O–H groups in total. The SMILES string of the molecule is CCNC(c1cnn(CC)c1)c1cc2cc(F)ccc2s1. The topological polar surface area (TPSA) is 29.9 Å². The number of thiophene rings is 1. The highest BCUT2D eigenvalue weighted by atomic mass is 32.1. The maximum Gasteiger partial charge on any atom is 0.123 e. The molecule has 21 heavy (non-hydrogen) atoms. The number of rotatable bonds is 5. The molecule has 0 radical (unpaired) electrons. The summed E-state index contributed by atoms with van der Waals surface area (Å²) in [5, 5.41) is 8.80. The van der Waals surface area contributed by atoms with Gasteiger partial charge in [0.15, 0.2) is 0 Å². The molecule has 3 nitrogen and oxygen atoms in total. The molecule has 1 unspecified atom stereocenters. The molecule has 3 rings (SSSR count). The number of halogens is 1. The number of hydrogen-bond donors (Lipinski definition) is 1. The minimum atomic E-state index is -0.189. The van der Waals surface area contributed by atoms with Crippen LogP contribution >= 0.6 is 11.3 Å². The zero-order valence-corrected chi connectivity index (χ0v) is 13.0. The first-order chi connectivity index (χ1) is 10.2. The van der Waals surface area contributed by atoms with Crippen LogP contribution in [0.3, 0.4) is 0 Å². The van der Waals surface area contributed by atoms with Crippen LogP contribution in [0.2, 0.25) is 0 Å². The predicted molar refractivity (Wildman–Crippen MR) is 85.2 cm³/mol. The maximum absolute atomic E-state index is 13.3. The summed E-state index contributed by atoms with van der Waals surface area (Å²) in [4.78, 5) is 1.19. The van der Waals surface area contributed by atoms with Gasteiger partial charge in [0.1, 0.15) is 5.82 Å². The lowest BCUT2D eigenvalue weighted by Gasteiger charge is -2.14. The molecular weight excluding hydrogens is 285 g/mol. The molecule has 5 heteroatoms. The minimum absolute atomic E-state index is 0.107. The first kappa shape index (κ1) is 14.2. The fourth-order valence-electron chi connectivity index (χ4n) is 2.47. The van der Waals surface area contributed by atoms with E-state index in [1.165, 1.54) is 10.9 Å². The molecule has 0 saturated carbocycles. The number of nitrogens with zero attached hydrogens (tertiary/aromatic N) is 2. The van der Waals surface area contributed by atoms with E-state index in [0.29, 0.717) is 0 Å². The number of aryl methyl sites for hydroxylation is 1. The molecule has 0 saturated heterocycles. The van der Waals surface area contributed by atoms with Crippen LogP contribution in [-0.2, 0) is 6.54 Å². The lowest BCUT2D eigenvalue weighted by atomic mass is 10.1. The van der Waals surface area contributed by atoms with Crippen molar-refractivity contribution in [3.05, 3.63) is 52.9 Å². The van der Waals surface area contributed by atoms with Crippen molar-refractivity contribution in [2.45, 2.75) is 26.4 Å². The van der Waals surface area contributed by atoms with E-state index in [4.69, 9.17) is 0 Å². The van der Waals surface area contributed by atoms with Gasteiger partial charge in [-0.3, -0.25) is 4.68 Å². The largest absolute Gasteiger partial charge is 0.306 e. The van der Waals surface area contributed by atoms with Crippen molar-refractivity contribution in [3.63, 3.8) is 0 Å². The van der Waals surface area contributed by atoms with Gasteiger partial charge in [-0.05, 0) is 43.1 Å². The predicted octanol–water partition coefficient (Wildman–Crippen LogP) is 3.96. The van der Waals surface area contributed by atoms with Crippen LogP contribution in [0.5, 0.6) is 0 Å². The van der Waals surface area contributed by atoms with E-state index in [2.05, 4.69) is 36.5 Å². The second-order valence-electron chi connectivity index (χ2n) is 4.95. The van der Waals surface area contributed by atoms with Crippen LogP contribution in [0, 0.1) is 5.82 Å². The van der Waals surface area contributed by atoms with Gasteiger partial charge in [0.25, 0.3) is 0 Å². The van der Waals surface area contributed by atoms with E-state index >= 15 is 0 Å². The number of fused-ring (bicyclic) bond motifs is 1. The third-order valence-corrected chi connectivity index (χ3v) is 4.68. The average molecular weight is 303 g/mol. The van der Waals surface area contributed by atoms with Crippen LogP contribution in [0.4, 0.5) is 4.39 Å². The number of aromatic nitrogens is 2. The lowest BCUT2D eigenvalue weighted by Crippen LogP contribution is -2.20. The van der Waals surface area contributed by atoms with Gasteiger partial charge in [-0.1, -0.05) is 6.92 Å². The second kappa shape index (κ2) is 5.95. The molecule has 0 bridgehead atoms. The summed E-state index contributed by atoms with van der Waals surface area (Å²) in [6.45, 7) is 5.88. The monoisotopic (exact) mass is 303 g/mol. The Morgan fingerprint density at radius 3 is 2.90 bits per heavy atom. The molecule has 1 aromatic carbocycles. The molecule has 0 aliphatic carbocycles. The number of benzene rings is 1. The number of nitrogens with one attached hydrogen (secondary N) is 1.